The van der Waals surface area contributed by atoms with E-state index in [9.17, 15) is 14.9 Å². The van der Waals surface area contributed by atoms with Crippen LogP contribution in [0.3, 0.4) is 0 Å². The van der Waals surface area contributed by atoms with Crippen LogP contribution < -0.4 is 0 Å². The summed E-state index contributed by atoms with van der Waals surface area (Å²) in [5, 5.41) is 11.6. The summed E-state index contributed by atoms with van der Waals surface area (Å²) in [5.74, 6) is 0. The Bertz CT molecular complexity index is 718. The van der Waals surface area contributed by atoms with Crippen molar-refractivity contribution in [3.05, 3.63) is 38.4 Å². The smallest absolute Gasteiger partial charge is 0.410 e. The lowest BCUT2D eigenvalue weighted by Crippen LogP contribution is -2.55. The Balaban J connectivity index is 2.11. The van der Waals surface area contributed by atoms with Crippen molar-refractivity contribution in [2.45, 2.75) is 59.2 Å². The maximum Gasteiger partial charge on any atom is 0.410 e. The van der Waals surface area contributed by atoms with E-state index in [0.29, 0.717) is 36.8 Å². The number of benzene rings is 1. The normalized spacial score (nSPS) is 18.4. The van der Waals surface area contributed by atoms with Crippen molar-refractivity contribution in [1.29, 1.82) is 0 Å². The molecule has 0 aromatic heterocycles. The molecule has 0 saturated carbocycles. The highest BCUT2D eigenvalue weighted by molar-refractivity contribution is 6.30. The molecule has 0 radical (unpaired) electrons. The van der Waals surface area contributed by atoms with E-state index in [2.05, 4.69) is 4.90 Å². The average Bonchev–Trinajstić information content (AvgIpc) is 2.55. The van der Waals surface area contributed by atoms with Gasteiger partial charge in [-0.2, -0.15) is 0 Å². The minimum absolute atomic E-state index is 0.0388. The molecule has 0 spiro atoms. The molecule has 0 aliphatic carbocycles. The summed E-state index contributed by atoms with van der Waals surface area (Å²) in [6.45, 7) is 11.9. The number of carbonyl (C=O) groups excluding carboxylic acids is 1. The lowest BCUT2D eigenvalue weighted by Gasteiger charge is -2.41. The number of halogens is 1. The van der Waals surface area contributed by atoms with Gasteiger partial charge in [0.2, 0.25) is 0 Å². The second-order valence-electron chi connectivity index (χ2n) is 7.94. The minimum Gasteiger partial charge on any atom is -0.444 e. The van der Waals surface area contributed by atoms with Crippen LogP contribution in [-0.4, -0.2) is 52.1 Å². The van der Waals surface area contributed by atoms with Crippen LogP contribution in [0.2, 0.25) is 5.02 Å². The molecule has 7 nitrogen and oxygen atoms in total. The Morgan fingerprint density at radius 3 is 2.59 bits per heavy atom. The molecule has 0 N–H and O–H groups in total. The summed E-state index contributed by atoms with van der Waals surface area (Å²) in [4.78, 5) is 27.3. The zero-order chi connectivity index (χ0) is 20.4. The molecule has 150 valence electrons. The number of nitro benzene ring substituents is 1. The molecular formula is C19H28ClN3O4. The zero-order valence-corrected chi connectivity index (χ0v) is 17.4. The SMILES string of the molecule is CC[C@H]1CN(Cc2cc(Cl)cc([N+](=O)[O-])c2C)CCN1C(=O)OC(C)(C)C. The Morgan fingerprint density at radius 1 is 1.37 bits per heavy atom. The van der Waals surface area contributed by atoms with Crippen LogP contribution in [0.25, 0.3) is 0 Å². The Morgan fingerprint density at radius 2 is 2.04 bits per heavy atom. The first-order valence-corrected chi connectivity index (χ1v) is 9.55. The van der Waals surface area contributed by atoms with Gasteiger partial charge in [-0.3, -0.25) is 15.0 Å². The van der Waals surface area contributed by atoms with Gasteiger partial charge in [-0.05, 0) is 45.7 Å². The van der Waals surface area contributed by atoms with Gasteiger partial charge in [0.25, 0.3) is 5.69 Å². The predicted octanol–water partition coefficient (Wildman–Crippen LogP) is 4.39. The Kier molecular flexibility index (Phi) is 6.70. The van der Waals surface area contributed by atoms with E-state index in [-0.39, 0.29) is 17.8 Å². The number of rotatable bonds is 4. The molecule has 1 aromatic carbocycles. The molecular weight excluding hydrogens is 370 g/mol. The Hall–Kier alpha value is -1.86. The topological polar surface area (TPSA) is 75.9 Å². The van der Waals surface area contributed by atoms with Crippen LogP contribution in [-0.2, 0) is 11.3 Å². The van der Waals surface area contributed by atoms with Gasteiger partial charge < -0.3 is 9.64 Å². The number of nitrogens with zero attached hydrogens (tertiary/aromatic N) is 3. The minimum atomic E-state index is -0.524. The molecule has 1 atom stereocenters. The number of hydrogen-bond acceptors (Lipinski definition) is 5. The largest absolute Gasteiger partial charge is 0.444 e. The van der Waals surface area contributed by atoms with Crippen molar-refractivity contribution in [3.8, 4) is 0 Å². The van der Waals surface area contributed by atoms with Crippen molar-refractivity contribution >= 4 is 23.4 Å². The predicted molar refractivity (Wildman–Crippen MR) is 105 cm³/mol. The summed E-state index contributed by atoms with van der Waals surface area (Å²) in [7, 11) is 0. The lowest BCUT2D eigenvalue weighted by molar-refractivity contribution is -0.385. The number of ether oxygens (including phenoxy) is 1. The molecule has 1 fully saturated rings. The van der Waals surface area contributed by atoms with Crippen LogP contribution in [0.1, 0.15) is 45.2 Å². The number of nitro groups is 1. The summed E-state index contributed by atoms with van der Waals surface area (Å²) in [5.41, 5.74) is 0.988. The Labute approximate surface area is 165 Å². The highest BCUT2D eigenvalue weighted by atomic mass is 35.5. The van der Waals surface area contributed by atoms with E-state index >= 15 is 0 Å². The van der Waals surface area contributed by atoms with Gasteiger partial charge in [-0.25, -0.2) is 4.79 Å². The van der Waals surface area contributed by atoms with E-state index < -0.39 is 10.5 Å². The van der Waals surface area contributed by atoms with Gasteiger partial charge in [0.1, 0.15) is 5.60 Å². The highest BCUT2D eigenvalue weighted by Crippen LogP contribution is 2.28. The van der Waals surface area contributed by atoms with Gasteiger partial charge in [0.05, 0.1) is 4.92 Å². The maximum atomic E-state index is 12.5. The van der Waals surface area contributed by atoms with Gasteiger partial charge in [0.15, 0.2) is 0 Å². The molecule has 1 saturated heterocycles. The number of hydrogen-bond donors (Lipinski definition) is 0. The zero-order valence-electron chi connectivity index (χ0n) is 16.6. The molecule has 1 heterocycles. The summed E-state index contributed by atoms with van der Waals surface area (Å²) >= 11 is 6.07. The van der Waals surface area contributed by atoms with Crippen molar-refractivity contribution < 1.29 is 14.5 Å². The first-order chi connectivity index (χ1) is 12.5. The standard InChI is InChI=1S/C19H28ClN3O4/c1-6-16-12-21(7-8-22(16)18(24)27-19(3,4)5)11-14-9-15(20)10-17(13(14)2)23(25)26/h9-10,16H,6-8,11-12H2,1-5H3/t16-/m0/s1. The number of amides is 1. The van der Waals surface area contributed by atoms with Crippen LogP contribution in [0, 0.1) is 17.0 Å². The van der Waals surface area contributed by atoms with Crippen LogP contribution in [0.4, 0.5) is 10.5 Å². The van der Waals surface area contributed by atoms with Crippen molar-refractivity contribution in [3.63, 3.8) is 0 Å². The molecule has 0 bridgehead atoms. The number of piperazine rings is 1. The second kappa shape index (κ2) is 8.44. The van der Waals surface area contributed by atoms with E-state index in [1.165, 1.54) is 6.07 Å². The van der Waals surface area contributed by atoms with Gasteiger partial charge in [-0.1, -0.05) is 18.5 Å². The highest BCUT2D eigenvalue weighted by Gasteiger charge is 2.32. The fourth-order valence-electron chi connectivity index (χ4n) is 3.29. The van der Waals surface area contributed by atoms with E-state index in [4.69, 9.17) is 16.3 Å². The van der Waals surface area contributed by atoms with Crippen molar-refractivity contribution in [2.75, 3.05) is 19.6 Å². The molecule has 2 rings (SSSR count). The molecule has 1 amide bonds. The van der Waals surface area contributed by atoms with E-state index in [1.54, 1.807) is 17.9 Å². The van der Waals surface area contributed by atoms with Crippen molar-refractivity contribution in [2.24, 2.45) is 0 Å². The maximum absolute atomic E-state index is 12.5. The van der Waals surface area contributed by atoms with Gasteiger partial charge in [0, 0.05) is 48.9 Å². The van der Waals surface area contributed by atoms with E-state index in [0.717, 1.165) is 12.0 Å². The fourth-order valence-corrected chi connectivity index (χ4v) is 3.52. The van der Waals surface area contributed by atoms with Crippen LogP contribution in [0.5, 0.6) is 0 Å². The molecule has 0 unspecified atom stereocenters. The molecule has 1 aliphatic rings. The molecule has 1 aliphatic heterocycles. The summed E-state index contributed by atoms with van der Waals surface area (Å²) in [6, 6.07) is 3.21. The molecule has 27 heavy (non-hydrogen) atoms. The van der Waals surface area contributed by atoms with Crippen LogP contribution >= 0.6 is 11.6 Å². The van der Waals surface area contributed by atoms with Gasteiger partial charge >= 0.3 is 6.09 Å². The third kappa shape index (κ3) is 5.56. The second-order valence-corrected chi connectivity index (χ2v) is 8.37. The lowest BCUT2D eigenvalue weighted by atomic mass is 10.0. The molecule has 8 heteroatoms. The monoisotopic (exact) mass is 397 g/mol. The summed E-state index contributed by atoms with van der Waals surface area (Å²) < 4.78 is 5.52. The van der Waals surface area contributed by atoms with E-state index in [1.807, 2.05) is 27.7 Å². The van der Waals surface area contributed by atoms with Crippen molar-refractivity contribution in [1.82, 2.24) is 9.80 Å². The first-order valence-electron chi connectivity index (χ1n) is 9.17. The fraction of sp³-hybridized carbons (Fsp3) is 0.632. The average molecular weight is 398 g/mol. The third-order valence-electron chi connectivity index (χ3n) is 4.71. The first kappa shape index (κ1) is 21.4. The van der Waals surface area contributed by atoms with Crippen LogP contribution in [0.15, 0.2) is 12.1 Å². The summed E-state index contributed by atoms with van der Waals surface area (Å²) in [6.07, 6.45) is 0.522. The molecule has 1 aromatic rings. The third-order valence-corrected chi connectivity index (χ3v) is 4.93. The number of carbonyl (C=O) groups is 1. The quantitative estimate of drug-likeness (QED) is 0.556. The van der Waals surface area contributed by atoms with Gasteiger partial charge in [-0.15, -0.1) is 0 Å².